The van der Waals surface area contributed by atoms with Crippen LogP contribution >= 0.6 is 0 Å². The van der Waals surface area contributed by atoms with Crippen molar-refractivity contribution in [3.05, 3.63) is 11.7 Å². The second kappa shape index (κ2) is 3.84. The van der Waals surface area contributed by atoms with Gasteiger partial charge in [-0.1, -0.05) is 19.0 Å². The predicted molar refractivity (Wildman–Crippen MR) is 62.2 cm³/mol. The predicted octanol–water partition coefficient (Wildman–Crippen LogP) is 2.74. The summed E-state index contributed by atoms with van der Waals surface area (Å²) >= 11 is 0. The van der Waals surface area contributed by atoms with E-state index in [-0.39, 0.29) is 11.6 Å². The molecule has 4 heteroatoms. The number of aromatic nitrogens is 2. The zero-order chi connectivity index (χ0) is 11.9. The fourth-order valence-electron chi connectivity index (χ4n) is 2.19. The molecular weight excluding hydrogens is 202 g/mol. The van der Waals surface area contributed by atoms with Gasteiger partial charge in [0.25, 0.3) is 0 Å². The molecule has 0 amide bonds. The number of hydrogen-bond acceptors (Lipinski definition) is 4. The van der Waals surface area contributed by atoms with Crippen LogP contribution in [-0.4, -0.2) is 27.6 Å². The minimum atomic E-state index is 0.233. The third-order valence-corrected chi connectivity index (χ3v) is 3.71. The van der Waals surface area contributed by atoms with Crippen LogP contribution < -0.4 is 0 Å². The maximum atomic E-state index is 5.37. The first kappa shape index (κ1) is 11.6. The van der Waals surface area contributed by atoms with Crippen molar-refractivity contribution >= 4 is 0 Å². The standard InChI is InChI=1S/C12H21N3O/c1-8(2)10-13-11(16-14-10)9-6-7-12(3,4)15(9)5/h8-9H,6-7H2,1-5H3. The first-order valence-electron chi connectivity index (χ1n) is 5.98. The number of nitrogens with zero attached hydrogens (tertiary/aromatic N) is 3. The third kappa shape index (κ3) is 1.86. The van der Waals surface area contributed by atoms with Crippen molar-refractivity contribution in [1.82, 2.24) is 15.0 Å². The Hall–Kier alpha value is -0.900. The van der Waals surface area contributed by atoms with E-state index in [0.29, 0.717) is 5.92 Å². The molecule has 0 aliphatic carbocycles. The smallest absolute Gasteiger partial charge is 0.244 e. The van der Waals surface area contributed by atoms with Gasteiger partial charge in [-0.15, -0.1) is 0 Å². The van der Waals surface area contributed by atoms with Crippen molar-refractivity contribution < 1.29 is 4.52 Å². The fraction of sp³-hybridized carbons (Fsp3) is 0.833. The molecule has 16 heavy (non-hydrogen) atoms. The van der Waals surface area contributed by atoms with Gasteiger partial charge in [0, 0.05) is 11.5 Å². The highest BCUT2D eigenvalue weighted by atomic mass is 16.5. The second-order valence-corrected chi connectivity index (χ2v) is 5.62. The van der Waals surface area contributed by atoms with E-state index in [1.807, 2.05) is 0 Å². The molecule has 0 aromatic carbocycles. The Bertz CT molecular complexity index is 370. The van der Waals surface area contributed by atoms with Crippen LogP contribution in [0.5, 0.6) is 0 Å². The Labute approximate surface area is 97.0 Å². The molecule has 1 aromatic heterocycles. The van der Waals surface area contributed by atoms with E-state index >= 15 is 0 Å². The topological polar surface area (TPSA) is 42.2 Å². The molecule has 4 nitrogen and oxygen atoms in total. The van der Waals surface area contributed by atoms with E-state index in [4.69, 9.17) is 4.52 Å². The van der Waals surface area contributed by atoms with Gasteiger partial charge in [0.1, 0.15) is 0 Å². The first-order chi connectivity index (χ1) is 7.42. The van der Waals surface area contributed by atoms with E-state index in [1.54, 1.807) is 0 Å². The van der Waals surface area contributed by atoms with Crippen LogP contribution in [0.2, 0.25) is 0 Å². The molecule has 1 saturated heterocycles. The molecule has 0 spiro atoms. The van der Waals surface area contributed by atoms with E-state index in [2.05, 4.69) is 49.8 Å². The van der Waals surface area contributed by atoms with Crippen molar-refractivity contribution in [2.75, 3.05) is 7.05 Å². The molecule has 2 heterocycles. The summed E-state index contributed by atoms with van der Waals surface area (Å²) in [5.74, 6) is 1.92. The average molecular weight is 223 g/mol. The summed E-state index contributed by atoms with van der Waals surface area (Å²) in [5, 5.41) is 4.03. The molecular formula is C12H21N3O. The highest BCUT2D eigenvalue weighted by Gasteiger charge is 2.40. The number of rotatable bonds is 2. The molecule has 1 aromatic rings. The molecule has 0 N–H and O–H groups in total. The summed E-state index contributed by atoms with van der Waals surface area (Å²) in [4.78, 5) is 6.83. The van der Waals surface area contributed by atoms with Gasteiger partial charge in [-0.05, 0) is 33.7 Å². The van der Waals surface area contributed by atoms with Crippen molar-refractivity contribution in [2.24, 2.45) is 0 Å². The van der Waals surface area contributed by atoms with Gasteiger partial charge >= 0.3 is 0 Å². The Morgan fingerprint density at radius 2 is 2.12 bits per heavy atom. The van der Waals surface area contributed by atoms with Crippen molar-refractivity contribution in [1.29, 1.82) is 0 Å². The van der Waals surface area contributed by atoms with Gasteiger partial charge in [0.15, 0.2) is 5.82 Å². The highest BCUT2D eigenvalue weighted by molar-refractivity contribution is 5.03. The van der Waals surface area contributed by atoms with Gasteiger partial charge in [-0.3, -0.25) is 4.90 Å². The summed E-state index contributed by atoms with van der Waals surface area (Å²) in [7, 11) is 2.14. The Balaban J connectivity index is 2.19. The molecule has 90 valence electrons. The number of hydrogen-bond donors (Lipinski definition) is 0. The molecule has 2 rings (SSSR count). The molecule has 0 bridgehead atoms. The Kier molecular flexibility index (Phi) is 2.78. The van der Waals surface area contributed by atoms with Gasteiger partial charge in [0.2, 0.25) is 5.89 Å². The SMILES string of the molecule is CC(C)c1noc(C2CCC(C)(C)N2C)n1. The molecule has 0 saturated carbocycles. The fourth-order valence-corrected chi connectivity index (χ4v) is 2.19. The molecule has 1 aliphatic heterocycles. The lowest BCUT2D eigenvalue weighted by Crippen LogP contribution is -2.36. The summed E-state index contributed by atoms with van der Waals surface area (Å²) in [6.07, 6.45) is 2.27. The second-order valence-electron chi connectivity index (χ2n) is 5.62. The Morgan fingerprint density at radius 1 is 1.44 bits per heavy atom. The van der Waals surface area contributed by atoms with Crippen LogP contribution in [-0.2, 0) is 0 Å². The average Bonchev–Trinajstić information content (AvgIpc) is 2.74. The van der Waals surface area contributed by atoms with Crippen LogP contribution in [0.15, 0.2) is 4.52 Å². The molecule has 1 unspecified atom stereocenters. The van der Waals surface area contributed by atoms with Gasteiger partial charge in [-0.25, -0.2) is 0 Å². The summed E-state index contributed by atoms with van der Waals surface area (Å²) in [6.45, 7) is 8.67. The molecule has 1 fully saturated rings. The zero-order valence-electron chi connectivity index (χ0n) is 10.8. The summed E-state index contributed by atoms with van der Waals surface area (Å²) in [5.41, 5.74) is 0.233. The third-order valence-electron chi connectivity index (χ3n) is 3.71. The lowest BCUT2D eigenvalue weighted by molar-refractivity contribution is 0.146. The van der Waals surface area contributed by atoms with Gasteiger partial charge in [0.05, 0.1) is 6.04 Å². The Morgan fingerprint density at radius 3 is 2.56 bits per heavy atom. The quantitative estimate of drug-likeness (QED) is 0.773. The maximum absolute atomic E-state index is 5.37. The highest BCUT2D eigenvalue weighted by Crippen LogP contribution is 2.40. The summed E-state index contributed by atoms with van der Waals surface area (Å²) < 4.78 is 5.37. The lowest BCUT2D eigenvalue weighted by Gasteiger charge is -2.30. The van der Waals surface area contributed by atoms with Gasteiger partial charge in [-0.2, -0.15) is 4.98 Å². The minimum Gasteiger partial charge on any atom is -0.338 e. The largest absolute Gasteiger partial charge is 0.338 e. The minimum absolute atomic E-state index is 0.233. The molecule has 1 atom stereocenters. The monoisotopic (exact) mass is 223 g/mol. The van der Waals surface area contributed by atoms with E-state index in [9.17, 15) is 0 Å². The van der Waals surface area contributed by atoms with Gasteiger partial charge < -0.3 is 4.52 Å². The van der Waals surface area contributed by atoms with E-state index in [1.165, 1.54) is 6.42 Å². The van der Waals surface area contributed by atoms with Crippen molar-refractivity contribution in [3.63, 3.8) is 0 Å². The summed E-state index contributed by atoms with van der Waals surface area (Å²) in [6, 6.07) is 0.287. The lowest BCUT2D eigenvalue weighted by atomic mass is 10.0. The van der Waals surface area contributed by atoms with E-state index in [0.717, 1.165) is 18.1 Å². The van der Waals surface area contributed by atoms with Crippen LogP contribution in [0.3, 0.4) is 0 Å². The first-order valence-corrected chi connectivity index (χ1v) is 5.98. The normalized spacial score (nSPS) is 25.5. The van der Waals surface area contributed by atoms with Crippen molar-refractivity contribution in [2.45, 2.75) is 58.0 Å². The van der Waals surface area contributed by atoms with Crippen LogP contribution in [0.4, 0.5) is 0 Å². The van der Waals surface area contributed by atoms with Crippen LogP contribution in [0, 0.1) is 0 Å². The maximum Gasteiger partial charge on any atom is 0.244 e. The van der Waals surface area contributed by atoms with E-state index < -0.39 is 0 Å². The molecule has 0 radical (unpaired) electrons. The van der Waals surface area contributed by atoms with Crippen LogP contribution in [0.25, 0.3) is 0 Å². The zero-order valence-corrected chi connectivity index (χ0v) is 10.8. The van der Waals surface area contributed by atoms with Crippen LogP contribution in [0.1, 0.15) is 64.2 Å². The van der Waals surface area contributed by atoms with Crippen molar-refractivity contribution in [3.8, 4) is 0 Å². The number of likely N-dealkylation sites (tertiary alicyclic amines) is 1. The molecule has 1 aliphatic rings.